The first-order valence-electron chi connectivity index (χ1n) is 6.56. The molecule has 2 rings (SSSR count). The van der Waals surface area contributed by atoms with Crippen LogP contribution in [0.25, 0.3) is 0 Å². The van der Waals surface area contributed by atoms with Crippen LogP contribution < -0.4 is 4.74 Å². The zero-order valence-electron chi connectivity index (χ0n) is 11.6. The van der Waals surface area contributed by atoms with Crippen LogP contribution in [-0.4, -0.2) is 9.78 Å². The first kappa shape index (κ1) is 14.4. The van der Waals surface area contributed by atoms with E-state index >= 15 is 0 Å². The van der Waals surface area contributed by atoms with E-state index in [9.17, 15) is 0 Å². The van der Waals surface area contributed by atoms with Gasteiger partial charge in [0.2, 0.25) is 0 Å². The molecule has 0 bridgehead atoms. The lowest BCUT2D eigenvalue weighted by atomic mass is 10.2. The summed E-state index contributed by atoms with van der Waals surface area (Å²) in [4.78, 5) is 0. The third-order valence-corrected chi connectivity index (χ3v) is 3.49. The summed E-state index contributed by atoms with van der Waals surface area (Å²) in [5.74, 6) is 0.710. The fourth-order valence-corrected chi connectivity index (χ4v) is 2.26. The Morgan fingerprint density at radius 3 is 2.55 bits per heavy atom. The van der Waals surface area contributed by atoms with Crippen LogP contribution in [0.1, 0.15) is 30.8 Å². The number of hydrogen-bond acceptors (Lipinski definition) is 3. The number of halogens is 1. The molecule has 0 unspecified atom stereocenters. The maximum Gasteiger partial charge on any atom is 0.131 e. The first-order valence-corrected chi connectivity index (χ1v) is 6.94. The van der Waals surface area contributed by atoms with Crippen molar-refractivity contribution in [2.75, 3.05) is 0 Å². The van der Waals surface area contributed by atoms with Gasteiger partial charge in [-0.2, -0.15) is 10.4 Å². The molecule has 1 heterocycles. The maximum atomic E-state index is 8.75. The molecule has 0 aliphatic heterocycles. The highest BCUT2D eigenvalue weighted by Crippen LogP contribution is 2.23. The molecule has 4 nitrogen and oxygen atoms in total. The monoisotopic (exact) mass is 289 g/mol. The lowest BCUT2D eigenvalue weighted by molar-refractivity contribution is 0.292. The summed E-state index contributed by atoms with van der Waals surface area (Å²) in [6.07, 6.45) is 0.801. The molecule has 0 spiro atoms. The van der Waals surface area contributed by atoms with Gasteiger partial charge in [-0.15, -0.1) is 0 Å². The van der Waals surface area contributed by atoms with Gasteiger partial charge in [-0.25, -0.2) is 0 Å². The summed E-state index contributed by atoms with van der Waals surface area (Å²) in [6.45, 7) is 5.17. The van der Waals surface area contributed by atoms with Crippen LogP contribution in [0, 0.1) is 11.3 Å². The zero-order chi connectivity index (χ0) is 14.5. The number of aryl methyl sites for hydroxylation is 2. The number of nitriles is 1. The molecule has 1 aromatic carbocycles. The molecule has 0 saturated heterocycles. The Hall–Kier alpha value is -1.99. The van der Waals surface area contributed by atoms with E-state index in [1.807, 2.05) is 18.5 Å². The van der Waals surface area contributed by atoms with Crippen molar-refractivity contribution >= 4 is 11.6 Å². The van der Waals surface area contributed by atoms with Crippen LogP contribution in [0.4, 0.5) is 0 Å². The molecule has 2 aromatic rings. The Morgan fingerprint density at radius 2 is 2.00 bits per heavy atom. The second-order valence-corrected chi connectivity index (χ2v) is 4.68. The summed E-state index contributed by atoms with van der Waals surface area (Å²) in [5.41, 5.74) is 2.39. The topological polar surface area (TPSA) is 50.8 Å². The minimum absolute atomic E-state index is 0.367. The highest BCUT2D eigenvalue weighted by molar-refractivity contribution is 6.31. The van der Waals surface area contributed by atoms with E-state index in [1.165, 1.54) is 0 Å². The fourth-order valence-electron chi connectivity index (χ4n) is 1.93. The molecular formula is C15H16ClN3O. The zero-order valence-corrected chi connectivity index (χ0v) is 12.3. The Kier molecular flexibility index (Phi) is 4.65. The van der Waals surface area contributed by atoms with Crippen molar-refractivity contribution in [3.05, 3.63) is 46.2 Å². The predicted molar refractivity (Wildman–Crippen MR) is 77.8 cm³/mol. The SMILES string of the molecule is CCc1nn(CC)c(COc2ccc(C#N)cc2)c1Cl. The van der Waals surface area contributed by atoms with Gasteiger partial charge in [-0.1, -0.05) is 18.5 Å². The molecule has 0 atom stereocenters. The minimum atomic E-state index is 0.367. The van der Waals surface area contributed by atoms with E-state index in [2.05, 4.69) is 11.2 Å². The van der Waals surface area contributed by atoms with E-state index in [0.717, 1.165) is 24.4 Å². The molecule has 0 saturated carbocycles. The van der Waals surface area contributed by atoms with Gasteiger partial charge in [0.1, 0.15) is 12.4 Å². The molecule has 0 amide bonds. The van der Waals surface area contributed by atoms with Gasteiger partial charge in [-0.3, -0.25) is 4.68 Å². The van der Waals surface area contributed by atoms with Crippen LogP contribution in [0.2, 0.25) is 5.02 Å². The van der Waals surface area contributed by atoms with E-state index in [4.69, 9.17) is 21.6 Å². The average molecular weight is 290 g/mol. The van der Waals surface area contributed by atoms with Crippen LogP contribution in [0.15, 0.2) is 24.3 Å². The molecule has 0 N–H and O–H groups in total. The van der Waals surface area contributed by atoms with Gasteiger partial charge in [-0.05, 0) is 37.6 Å². The third-order valence-electron chi connectivity index (χ3n) is 3.05. The molecule has 20 heavy (non-hydrogen) atoms. The summed E-state index contributed by atoms with van der Waals surface area (Å²) in [7, 11) is 0. The van der Waals surface area contributed by atoms with Crippen LogP contribution in [0.3, 0.4) is 0 Å². The summed E-state index contributed by atoms with van der Waals surface area (Å²) < 4.78 is 7.58. The molecule has 5 heteroatoms. The van der Waals surface area contributed by atoms with E-state index in [1.54, 1.807) is 24.3 Å². The predicted octanol–water partition coefficient (Wildman–Crippen LogP) is 3.57. The molecule has 0 radical (unpaired) electrons. The standard InChI is InChI=1S/C15H16ClN3O/c1-3-13-15(16)14(19(4-2)18-13)10-20-12-7-5-11(9-17)6-8-12/h5-8H,3-4,10H2,1-2H3. The summed E-state index contributed by atoms with van der Waals surface area (Å²) in [6, 6.07) is 9.09. The Labute approximate surface area is 123 Å². The normalized spacial score (nSPS) is 10.3. The van der Waals surface area contributed by atoms with Crippen molar-refractivity contribution in [3.63, 3.8) is 0 Å². The highest BCUT2D eigenvalue weighted by atomic mass is 35.5. The Bertz CT molecular complexity index is 626. The van der Waals surface area contributed by atoms with Crippen LogP contribution in [-0.2, 0) is 19.6 Å². The highest BCUT2D eigenvalue weighted by Gasteiger charge is 2.14. The number of benzene rings is 1. The Morgan fingerprint density at radius 1 is 1.30 bits per heavy atom. The fraction of sp³-hybridized carbons (Fsp3) is 0.333. The average Bonchev–Trinajstić information content (AvgIpc) is 2.81. The minimum Gasteiger partial charge on any atom is -0.487 e. The van der Waals surface area contributed by atoms with Gasteiger partial charge in [0.25, 0.3) is 0 Å². The third kappa shape index (κ3) is 2.94. The van der Waals surface area contributed by atoms with Crippen molar-refractivity contribution in [3.8, 4) is 11.8 Å². The molecule has 0 aliphatic rings. The van der Waals surface area contributed by atoms with Gasteiger partial charge in [0.05, 0.1) is 28.0 Å². The molecular weight excluding hydrogens is 274 g/mol. The number of hydrogen-bond donors (Lipinski definition) is 0. The van der Waals surface area contributed by atoms with Crippen molar-refractivity contribution in [2.24, 2.45) is 0 Å². The molecule has 1 aromatic heterocycles. The second kappa shape index (κ2) is 6.44. The van der Waals surface area contributed by atoms with E-state index in [-0.39, 0.29) is 0 Å². The van der Waals surface area contributed by atoms with Gasteiger partial charge >= 0.3 is 0 Å². The number of aromatic nitrogens is 2. The quantitative estimate of drug-likeness (QED) is 0.845. The number of rotatable bonds is 5. The number of ether oxygens (including phenoxy) is 1. The first-order chi connectivity index (χ1) is 9.69. The van der Waals surface area contributed by atoms with Crippen molar-refractivity contribution in [1.29, 1.82) is 5.26 Å². The molecule has 0 aliphatic carbocycles. The van der Waals surface area contributed by atoms with Crippen molar-refractivity contribution in [2.45, 2.75) is 33.4 Å². The largest absolute Gasteiger partial charge is 0.487 e. The van der Waals surface area contributed by atoms with Gasteiger partial charge in [0, 0.05) is 6.54 Å². The van der Waals surface area contributed by atoms with Crippen LogP contribution in [0.5, 0.6) is 5.75 Å². The van der Waals surface area contributed by atoms with Gasteiger partial charge < -0.3 is 4.74 Å². The molecule has 0 fully saturated rings. The van der Waals surface area contributed by atoms with Gasteiger partial charge in [0.15, 0.2) is 0 Å². The van der Waals surface area contributed by atoms with E-state index < -0.39 is 0 Å². The number of nitrogens with zero attached hydrogens (tertiary/aromatic N) is 3. The smallest absolute Gasteiger partial charge is 0.131 e. The van der Waals surface area contributed by atoms with Crippen LogP contribution >= 0.6 is 11.6 Å². The molecule has 104 valence electrons. The Balaban J connectivity index is 2.13. The maximum absolute atomic E-state index is 8.75. The van der Waals surface area contributed by atoms with E-state index in [0.29, 0.717) is 22.9 Å². The lowest BCUT2D eigenvalue weighted by Crippen LogP contribution is -2.06. The summed E-state index contributed by atoms with van der Waals surface area (Å²) >= 11 is 6.32. The van der Waals surface area contributed by atoms with Crippen molar-refractivity contribution in [1.82, 2.24) is 9.78 Å². The summed E-state index contributed by atoms with van der Waals surface area (Å²) in [5, 5.41) is 13.9. The second-order valence-electron chi connectivity index (χ2n) is 4.30. The van der Waals surface area contributed by atoms with Crippen molar-refractivity contribution < 1.29 is 4.74 Å². The lowest BCUT2D eigenvalue weighted by Gasteiger charge is -2.08.